The molecule has 0 spiro atoms. The number of alkyl halides is 3. The number of aryl methyl sites for hydroxylation is 2. The maximum absolute atomic E-state index is 12.0. The standard InChI is InChI=1S/C10H17F3N4/c1-7-6-9(17(2)16-7)8(15-14)4-3-5-10(11,12)13/h6,8,15H,3-5,14H2,1-2H3. The van der Waals surface area contributed by atoms with Crippen LogP contribution >= 0.6 is 0 Å². The van der Waals surface area contributed by atoms with Gasteiger partial charge in [-0.2, -0.15) is 18.3 Å². The van der Waals surface area contributed by atoms with Gasteiger partial charge < -0.3 is 0 Å². The Morgan fingerprint density at radius 2 is 2.18 bits per heavy atom. The van der Waals surface area contributed by atoms with Crippen LogP contribution in [-0.2, 0) is 7.05 Å². The van der Waals surface area contributed by atoms with Crippen molar-refractivity contribution < 1.29 is 13.2 Å². The molecule has 3 N–H and O–H groups in total. The molecule has 0 aromatic carbocycles. The number of nitrogens with zero attached hydrogens (tertiary/aromatic N) is 2. The normalized spacial score (nSPS) is 14.0. The van der Waals surface area contributed by atoms with Gasteiger partial charge in [0.2, 0.25) is 0 Å². The Bertz CT molecular complexity index is 359. The van der Waals surface area contributed by atoms with Crippen molar-refractivity contribution in [1.29, 1.82) is 0 Å². The molecule has 1 unspecified atom stereocenters. The molecule has 4 nitrogen and oxygen atoms in total. The molecule has 0 amide bonds. The van der Waals surface area contributed by atoms with Gasteiger partial charge >= 0.3 is 6.18 Å². The van der Waals surface area contributed by atoms with Gasteiger partial charge in [0.1, 0.15) is 0 Å². The number of aromatic nitrogens is 2. The van der Waals surface area contributed by atoms with Crippen LogP contribution in [-0.4, -0.2) is 16.0 Å². The minimum atomic E-state index is -4.11. The molecule has 0 aliphatic heterocycles. The first-order valence-electron chi connectivity index (χ1n) is 5.37. The van der Waals surface area contributed by atoms with Gasteiger partial charge in [-0.05, 0) is 25.8 Å². The molecule has 1 aromatic rings. The summed E-state index contributed by atoms with van der Waals surface area (Å²) in [7, 11) is 1.75. The quantitative estimate of drug-likeness (QED) is 0.620. The predicted octanol–water partition coefficient (Wildman–Crippen LogP) is 1.97. The molecule has 98 valence electrons. The molecule has 0 saturated carbocycles. The van der Waals surface area contributed by atoms with Crippen molar-refractivity contribution >= 4 is 0 Å². The molecule has 1 aromatic heterocycles. The summed E-state index contributed by atoms with van der Waals surface area (Å²) in [5.41, 5.74) is 4.15. The lowest BCUT2D eigenvalue weighted by molar-refractivity contribution is -0.135. The Balaban J connectivity index is 2.57. The molecule has 1 atom stereocenters. The van der Waals surface area contributed by atoms with Crippen molar-refractivity contribution in [2.75, 3.05) is 0 Å². The van der Waals surface area contributed by atoms with E-state index in [0.717, 1.165) is 11.4 Å². The SMILES string of the molecule is Cc1cc(C(CCCC(F)(F)F)NN)n(C)n1. The number of nitrogens with one attached hydrogen (secondary N) is 1. The highest BCUT2D eigenvalue weighted by atomic mass is 19.4. The Morgan fingerprint density at radius 1 is 1.53 bits per heavy atom. The summed E-state index contributed by atoms with van der Waals surface area (Å²) in [4.78, 5) is 0. The number of rotatable bonds is 5. The van der Waals surface area contributed by atoms with Crippen LogP contribution in [0.15, 0.2) is 6.07 Å². The van der Waals surface area contributed by atoms with Crippen molar-refractivity contribution in [3.05, 3.63) is 17.5 Å². The van der Waals surface area contributed by atoms with Crippen molar-refractivity contribution in [3.8, 4) is 0 Å². The highest BCUT2D eigenvalue weighted by Crippen LogP contribution is 2.26. The van der Waals surface area contributed by atoms with Crippen molar-refractivity contribution in [2.24, 2.45) is 12.9 Å². The van der Waals surface area contributed by atoms with Gasteiger partial charge in [-0.15, -0.1) is 0 Å². The second-order valence-electron chi connectivity index (χ2n) is 4.06. The molecule has 1 rings (SSSR count). The monoisotopic (exact) mass is 250 g/mol. The number of hydrogen-bond donors (Lipinski definition) is 2. The van der Waals surface area contributed by atoms with Gasteiger partial charge in [0.05, 0.1) is 17.4 Å². The molecule has 0 aliphatic rings. The van der Waals surface area contributed by atoms with Gasteiger partial charge in [-0.25, -0.2) is 0 Å². The van der Waals surface area contributed by atoms with E-state index in [1.807, 2.05) is 13.0 Å². The zero-order chi connectivity index (χ0) is 13.1. The number of hydrazine groups is 1. The van der Waals surface area contributed by atoms with Gasteiger partial charge in [0.15, 0.2) is 0 Å². The van der Waals surface area contributed by atoms with Crippen molar-refractivity contribution in [3.63, 3.8) is 0 Å². The largest absolute Gasteiger partial charge is 0.389 e. The topological polar surface area (TPSA) is 55.9 Å². The summed E-state index contributed by atoms with van der Waals surface area (Å²) in [6.45, 7) is 1.83. The molecule has 0 radical (unpaired) electrons. The smallest absolute Gasteiger partial charge is 0.271 e. The van der Waals surface area contributed by atoms with Crippen LogP contribution in [0.3, 0.4) is 0 Å². The maximum atomic E-state index is 12.0. The summed E-state index contributed by atoms with van der Waals surface area (Å²) in [6, 6.07) is 1.52. The zero-order valence-electron chi connectivity index (χ0n) is 9.88. The maximum Gasteiger partial charge on any atom is 0.389 e. The van der Waals surface area contributed by atoms with E-state index in [0.29, 0.717) is 6.42 Å². The Kier molecular flexibility index (Phi) is 4.53. The predicted molar refractivity (Wildman–Crippen MR) is 57.9 cm³/mol. The van der Waals surface area contributed by atoms with E-state index in [-0.39, 0.29) is 12.5 Å². The average Bonchev–Trinajstić information content (AvgIpc) is 2.51. The van der Waals surface area contributed by atoms with Crippen LogP contribution in [0.1, 0.15) is 36.7 Å². The molecule has 17 heavy (non-hydrogen) atoms. The Labute approximate surface area is 97.9 Å². The van der Waals surface area contributed by atoms with Crippen molar-refractivity contribution in [2.45, 2.75) is 38.4 Å². The lowest BCUT2D eigenvalue weighted by Crippen LogP contribution is -2.29. The number of nitrogens with two attached hydrogens (primary N) is 1. The third-order valence-corrected chi connectivity index (χ3v) is 2.55. The van der Waals surface area contributed by atoms with E-state index < -0.39 is 12.6 Å². The van der Waals surface area contributed by atoms with E-state index in [2.05, 4.69) is 10.5 Å². The first-order chi connectivity index (χ1) is 7.83. The number of halogens is 3. The summed E-state index contributed by atoms with van der Waals surface area (Å²) in [5.74, 6) is 5.36. The summed E-state index contributed by atoms with van der Waals surface area (Å²) in [5, 5.41) is 4.14. The third-order valence-electron chi connectivity index (χ3n) is 2.55. The lowest BCUT2D eigenvalue weighted by atomic mass is 10.1. The van der Waals surface area contributed by atoms with Crippen LogP contribution in [0.5, 0.6) is 0 Å². The van der Waals surface area contributed by atoms with Gasteiger partial charge in [-0.3, -0.25) is 16.0 Å². The molecule has 0 saturated heterocycles. The fourth-order valence-corrected chi connectivity index (χ4v) is 1.78. The Morgan fingerprint density at radius 3 is 2.59 bits per heavy atom. The third kappa shape index (κ3) is 4.35. The fraction of sp³-hybridized carbons (Fsp3) is 0.700. The second-order valence-corrected chi connectivity index (χ2v) is 4.06. The van der Waals surface area contributed by atoms with Crippen LogP contribution in [0.4, 0.5) is 13.2 Å². The van der Waals surface area contributed by atoms with Crippen LogP contribution < -0.4 is 11.3 Å². The van der Waals surface area contributed by atoms with Crippen LogP contribution in [0.2, 0.25) is 0 Å². The molecule has 0 bridgehead atoms. The van der Waals surface area contributed by atoms with Gasteiger partial charge in [0, 0.05) is 13.5 Å². The summed E-state index contributed by atoms with van der Waals surface area (Å²) < 4.78 is 37.7. The molecule has 0 fully saturated rings. The van der Waals surface area contributed by atoms with Gasteiger partial charge in [-0.1, -0.05) is 0 Å². The second kappa shape index (κ2) is 5.50. The summed E-state index contributed by atoms with van der Waals surface area (Å²) in [6.07, 6.45) is -4.53. The molecule has 0 aliphatic carbocycles. The Hall–Kier alpha value is -1.08. The molecule has 7 heteroatoms. The van der Waals surface area contributed by atoms with E-state index in [4.69, 9.17) is 5.84 Å². The highest BCUT2D eigenvalue weighted by molar-refractivity contribution is 5.12. The average molecular weight is 250 g/mol. The fourth-order valence-electron chi connectivity index (χ4n) is 1.78. The van der Waals surface area contributed by atoms with Gasteiger partial charge in [0.25, 0.3) is 0 Å². The zero-order valence-corrected chi connectivity index (χ0v) is 9.88. The van der Waals surface area contributed by atoms with Crippen LogP contribution in [0, 0.1) is 6.92 Å². The molecular weight excluding hydrogens is 233 g/mol. The van der Waals surface area contributed by atoms with E-state index in [1.54, 1.807) is 11.7 Å². The lowest BCUT2D eigenvalue weighted by Gasteiger charge is -2.16. The number of hydrogen-bond acceptors (Lipinski definition) is 3. The molecular formula is C10H17F3N4. The summed E-state index contributed by atoms with van der Waals surface area (Å²) >= 11 is 0. The van der Waals surface area contributed by atoms with E-state index in [9.17, 15) is 13.2 Å². The first kappa shape index (κ1) is 14.0. The minimum absolute atomic E-state index is 0.0442. The van der Waals surface area contributed by atoms with E-state index in [1.165, 1.54) is 0 Å². The molecule has 1 heterocycles. The first-order valence-corrected chi connectivity index (χ1v) is 5.37. The minimum Gasteiger partial charge on any atom is -0.271 e. The van der Waals surface area contributed by atoms with Crippen LogP contribution in [0.25, 0.3) is 0 Å². The van der Waals surface area contributed by atoms with Crippen molar-refractivity contribution in [1.82, 2.24) is 15.2 Å². The van der Waals surface area contributed by atoms with E-state index >= 15 is 0 Å². The highest BCUT2D eigenvalue weighted by Gasteiger charge is 2.27.